The lowest BCUT2D eigenvalue weighted by atomic mass is 9.43. The van der Waals surface area contributed by atoms with Gasteiger partial charge < -0.3 is 0 Å². The highest BCUT2D eigenvalue weighted by Gasteiger charge is 2.61. The van der Waals surface area contributed by atoms with Crippen LogP contribution in [0.4, 0.5) is 0 Å². The molecular weight excluding hydrogens is 420 g/mol. The molecule has 35 heavy (non-hydrogen) atoms. The van der Waals surface area contributed by atoms with Gasteiger partial charge in [0.25, 0.3) is 0 Å². The Hall–Kier alpha value is -3.12. The van der Waals surface area contributed by atoms with Gasteiger partial charge in [0.15, 0.2) is 0 Å². The van der Waals surface area contributed by atoms with Crippen LogP contribution in [0, 0.1) is 30.6 Å². The first-order valence-electron chi connectivity index (χ1n) is 13.6. The van der Waals surface area contributed by atoms with E-state index in [0.29, 0.717) is 0 Å². The summed E-state index contributed by atoms with van der Waals surface area (Å²) in [6, 6.07) is 34.8. The van der Waals surface area contributed by atoms with Crippen molar-refractivity contribution < 1.29 is 0 Å². The Morgan fingerprint density at radius 2 is 1.14 bits per heavy atom. The number of fused-ring (bicyclic) bond motifs is 3. The smallest absolute Gasteiger partial charge is 0.0272 e. The zero-order chi connectivity index (χ0) is 23.1. The van der Waals surface area contributed by atoms with E-state index in [2.05, 4.69) is 97.9 Å². The first-order valence-corrected chi connectivity index (χ1v) is 13.6. The van der Waals surface area contributed by atoms with Crippen LogP contribution in [-0.4, -0.2) is 0 Å². The standard InChI is InChI=1S/C35H32/c1-22-7-4-8-25(15-22)26-9-5-10-27(21-26)30-12-6-14-33-34(30)31-11-2-3-13-32(31)35(33)28-17-23-16-24(19-28)20-29(35)18-23/h2-15,21,23-24,28-29H,16-20H2,1H3. The van der Waals surface area contributed by atoms with E-state index in [0.717, 1.165) is 23.7 Å². The molecule has 5 aliphatic carbocycles. The van der Waals surface area contributed by atoms with Crippen LogP contribution in [0.1, 0.15) is 48.8 Å². The molecule has 0 heterocycles. The van der Waals surface area contributed by atoms with E-state index >= 15 is 0 Å². The molecule has 0 nitrogen and oxygen atoms in total. The largest absolute Gasteiger partial charge is 0.0619 e. The van der Waals surface area contributed by atoms with Crippen LogP contribution in [0.3, 0.4) is 0 Å². The lowest BCUT2D eigenvalue weighted by Gasteiger charge is -2.61. The Kier molecular flexibility index (Phi) is 4.14. The first-order chi connectivity index (χ1) is 17.2. The highest BCUT2D eigenvalue weighted by molar-refractivity contribution is 5.93. The number of rotatable bonds is 2. The summed E-state index contributed by atoms with van der Waals surface area (Å²) < 4.78 is 0. The Bertz CT molecular complexity index is 1440. The van der Waals surface area contributed by atoms with E-state index in [1.54, 1.807) is 11.1 Å². The molecule has 0 heteroatoms. The van der Waals surface area contributed by atoms with Gasteiger partial charge in [-0.2, -0.15) is 0 Å². The van der Waals surface area contributed by atoms with E-state index in [9.17, 15) is 0 Å². The predicted octanol–water partition coefficient (Wildman–Crippen LogP) is 9.05. The maximum Gasteiger partial charge on any atom is 0.0272 e. The first kappa shape index (κ1) is 20.1. The molecule has 4 aromatic rings. The van der Waals surface area contributed by atoms with Crippen LogP contribution in [0.2, 0.25) is 0 Å². The van der Waals surface area contributed by atoms with Gasteiger partial charge in [0.05, 0.1) is 0 Å². The zero-order valence-corrected chi connectivity index (χ0v) is 20.5. The fourth-order valence-corrected chi connectivity index (χ4v) is 9.13. The molecule has 0 unspecified atom stereocenters. The minimum atomic E-state index is 0.240. The second-order valence-corrected chi connectivity index (χ2v) is 11.9. The topological polar surface area (TPSA) is 0 Å². The molecular formula is C35H32. The summed E-state index contributed by atoms with van der Waals surface area (Å²) >= 11 is 0. The average Bonchev–Trinajstić information content (AvgIpc) is 3.18. The van der Waals surface area contributed by atoms with Crippen LogP contribution >= 0.6 is 0 Å². The minimum Gasteiger partial charge on any atom is -0.0619 e. The molecule has 4 bridgehead atoms. The van der Waals surface area contributed by atoms with E-state index in [1.807, 2.05) is 0 Å². The molecule has 0 atom stereocenters. The molecule has 0 aromatic heterocycles. The van der Waals surface area contributed by atoms with Crippen molar-refractivity contribution >= 4 is 0 Å². The molecule has 0 aliphatic heterocycles. The van der Waals surface area contributed by atoms with Crippen molar-refractivity contribution in [1.82, 2.24) is 0 Å². The summed E-state index contributed by atoms with van der Waals surface area (Å²) in [7, 11) is 0. The monoisotopic (exact) mass is 452 g/mol. The maximum absolute atomic E-state index is 2.51. The van der Waals surface area contributed by atoms with Crippen molar-refractivity contribution in [3.63, 3.8) is 0 Å². The molecule has 0 saturated heterocycles. The second kappa shape index (κ2) is 7.20. The van der Waals surface area contributed by atoms with Gasteiger partial charge in [0, 0.05) is 5.41 Å². The number of hydrogen-bond acceptors (Lipinski definition) is 0. The average molecular weight is 453 g/mol. The fraction of sp³-hybridized carbons (Fsp3) is 0.314. The van der Waals surface area contributed by atoms with Crippen LogP contribution in [0.25, 0.3) is 33.4 Å². The minimum absolute atomic E-state index is 0.240. The van der Waals surface area contributed by atoms with Crippen molar-refractivity contribution in [3.05, 3.63) is 108 Å². The maximum atomic E-state index is 2.51. The third-order valence-electron chi connectivity index (χ3n) is 10.1. The van der Waals surface area contributed by atoms with Crippen LogP contribution in [0.5, 0.6) is 0 Å². The Labute approximate surface area is 209 Å². The fourth-order valence-electron chi connectivity index (χ4n) is 9.13. The van der Waals surface area contributed by atoms with E-state index in [1.165, 1.54) is 71.0 Å². The van der Waals surface area contributed by atoms with E-state index in [4.69, 9.17) is 0 Å². The molecule has 0 N–H and O–H groups in total. The highest BCUT2D eigenvalue weighted by atomic mass is 14.6. The molecule has 4 saturated carbocycles. The lowest BCUT2D eigenvalue weighted by molar-refractivity contribution is -0.0399. The molecule has 0 amide bonds. The summed E-state index contributed by atoms with van der Waals surface area (Å²) in [4.78, 5) is 0. The van der Waals surface area contributed by atoms with Crippen LogP contribution < -0.4 is 0 Å². The summed E-state index contributed by atoms with van der Waals surface area (Å²) in [5.41, 5.74) is 13.2. The normalized spacial score (nSPS) is 29.4. The third kappa shape index (κ3) is 2.69. The lowest BCUT2D eigenvalue weighted by Crippen LogP contribution is -2.55. The van der Waals surface area contributed by atoms with E-state index < -0.39 is 0 Å². The van der Waals surface area contributed by atoms with Crippen LogP contribution in [-0.2, 0) is 5.41 Å². The van der Waals surface area contributed by atoms with Gasteiger partial charge in [-0.15, -0.1) is 0 Å². The van der Waals surface area contributed by atoms with Gasteiger partial charge in [-0.3, -0.25) is 0 Å². The molecule has 9 rings (SSSR count). The number of hydrogen-bond donors (Lipinski definition) is 0. The van der Waals surface area contributed by atoms with Crippen molar-refractivity contribution in [2.75, 3.05) is 0 Å². The molecule has 5 aliphatic rings. The zero-order valence-electron chi connectivity index (χ0n) is 20.5. The molecule has 4 fully saturated rings. The van der Waals surface area contributed by atoms with Crippen molar-refractivity contribution in [2.45, 2.75) is 44.4 Å². The van der Waals surface area contributed by atoms with Gasteiger partial charge in [-0.05, 0) is 113 Å². The van der Waals surface area contributed by atoms with Crippen molar-refractivity contribution in [2.24, 2.45) is 23.7 Å². The molecule has 172 valence electrons. The Morgan fingerprint density at radius 3 is 1.91 bits per heavy atom. The molecule has 1 spiro atoms. The van der Waals surface area contributed by atoms with Gasteiger partial charge in [-0.1, -0.05) is 90.5 Å². The summed E-state index contributed by atoms with van der Waals surface area (Å²) in [6.45, 7) is 2.18. The van der Waals surface area contributed by atoms with Crippen LogP contribution in [0.15, 0.2) is 91.0 Å². The SMILES string of the molecule is Cc1cccc(-c2cccc(-c3cccc4c3-c3ccccc3C43C4CC5CC(C4)CC3C5)c2)c1. The van der Waals surface area contributed by atoms with E-state index in [-0.39, 0.29) is 5.41 Å². The van der Waals surface area contributed by atoms with Gasteiger partial charge in [0.2, 0.25) is 0 Å². The second-order valence-electron chi connectivity index (χ2n) is 11.9. The summed E-state index contributed by atoms with van der Waals surface area (Å²) in [5, 5.41) is 0. The predicted molar refractivity (Wildman–Crippen MR) is 145 cm³/mol. The molecule has 4 aromatic carbocycles. The Morgan fingerprint density at radius 1 is 0.543 bits per heavy atom. The molecule has 0 radical (unpaired) electrons. The van der Waals surface area contributed by atoms with Crippen molar-refractivity contribution in [3.8, 4) is 33.4 Å². The van der Waals surface area contributed by atoms with Gasteiger partial charge in [0.1, 0.15) is 0 Å². The summed E-state index contributed by atoms with van der Waals surface area (Å²) in [5.74, 6) is 3.59. The Balaban J connectivity index is 1.35. The third-order valence-corrected chi connectivity index (χ3v) is 10.1. The highest BCUT2D eigenvalue weighted by Crippen LogP contribution is 2.69. The number of benzene rings is 4. The van der Waals surface area contributed by atoms with Gasteiger partial charge >= 0.3 is 0 Å². The van der Waals surface area contributed by atoms with Crippen molar-refractivity contribution in [1.29, 1.82) is 0 Å². The number of aryl methyl sites for hydroxylation is 1. The quantitative estimate of drug-likeness (QED) is 0.284. The van der Waals surface area contributed by atoms with Gasteiger partial charge in [-0.25, -0.2) is 0 Å². The summed E-state index contributed by atoms with van der Waals surface area (Å²) in [6.07, 6.45) is 7.26.